The van der Waals surface area contributed by atoms with Crippen molar-refractivity contribution < 1.29 is 22.7 Å². The van der Waals surface area contributed by atoms with E-state index in [-0.39, 0.29) is 17.7 Å². The summed E-state index contributed by atoms with van der Waals surface area (Å²) < 4.78 is 28.9. The summed E-state index contributed by atoms with van der Waals surface area (Å²) in [4.78, 5) is 25.3. The molecular formula is C15H28N2O5S. The van der Waals surface area contributed by atoms with Crippen molar-refractivity contribution in [1.82, 2.24) is 10.2 Å². The third-order valence-corrected chi connectivity index (χ3v) is 5.02. The number of amides is 2. The molecule has 1 aliphatic rings. The second kappa shape index (κ2) is 7.51. The molecule has 1 fully saturated rings. The van der Waals surface area contributed by atoms with Gasteiger partial charge in [-0.3, -0.25) is 4.79 Å². The standard InChI is InChI=1S/C15H28N2O5S/c1-11(2)9-23(20,21)10-13(18)16-12-6-7-17(8-12)14(19)22-15(3,4)5/h11-12H,6-10H2,1-5H3,(H,16,18). The van der Waals surface area contributed by atoms with E-state index in [4.69, 9.17) is 4.74 Å². The minimum atomic E-state index is -3.39. The number of carbonyl (C=O) groups is 2. The van der Waals surface area contributed by atoms with Gasteiger partial charge in [0.25, 0.3) is 0 Å². The summed E-state index contributed by atoms with van der Waals surface area (Å²) in [5.74, 6) is -1.04. The van der Waals surface area contributed by atoms with Crippen LogP contribution in [0.25, 0.3) is 0 Å². The molecule has 134 valence electrons. The molecule has 0 aromatic heterocycles. The number of ether oxygens (including phenoxy) is 1. The molecule has 1 unspecified atom stereocenters. The average Bonchev–Trinajstić information content (AvgIpc) is 2.71. The van der Waals surface area contributed by atoms with Crippen LogP contribution in [0.3, 0.4) is 0 Å². The minimum absolute atomic E-state index is 0.00484. The van der Waals surface area contributed by atoms with Crippen LogP contribution in [0.4, 0.5) is 4.79 Å². The van der Waals surface area contributed by atoms with Crippen molar-refractivity contribution in [3.8, 4) is 0 Å². The maximum Gasteiger partial charge on any atom is 0.410 e. The first kappa shape index (κ1) is 19.7. The van der Waals surface area contributed by atoms with Gasteiger partial charge in [-0.05, 0) is 33.1 Å². The number of nitrogens with zero attached hydrogens (tertiary/aromatic N) is 1. The Morgan fingerprint density at radius 2 is 1.91 bits per heavy atom. The third kappa shape index (κ3) is 7.67. The molecule has 1 saturated heterocycles. The van der Waals surface area contributed by atoms with Crippen molar-refractivity contribution in [3.05, 3.63) is 0 Å². The quantitative estimate of drug-likeness (QED) is 0.805. The largest absolute Gasteiger partial charge is 0.444 e. The van der Waals surface area contributed by atoms with Gasteiger partial charge in [0, 0.05) is 19.1 Å². The van der Waals surface area contributed by atoms with Crippen molar-refractivity contribution in [2.24, 2.45) is 5.92 Å². The monoisotopic (exact) mass is 348 g/mol. The highest BCUT2D eigenvalue weighted by Crippen LogP contribution is 2.15. The number of hydrogen-bond donors (Lipinski definition) is 1. The van der Waals surface area contributed by atoms with Gasteiger partial charge in [0.05, 0.1) is 5.75 Å². The van der Waals surface area contributed by atoms with Crippen LogP contribution in [0.15, 0.2) is 0 Å². The summed E-state index contributed by atoms with van der Waals surface area (Å²) in [6.07, 6.45) is 0.177. The molecule has 0 saturated carbocycles. The van der Waals surface area contributed by atoms with E-state index in [1.807, 2.05) is 0 Å². The number of carbonyl (C=O) groups excluding carboxylic acids is 2. The van der Waals surface area contributed by atoms with Crippen LogP contribution >= 0.6 is 0 Å². The van der Waals surface area contributed by atoms with Crippen molar-refractivity contribution in [1.29, 1.82) is 0 Å². The molecule has 1 atom stereocenters. The van der Waals surface area contributed by atoms with E-state index in [1.54, 1.807) is 34.6 Å². The van der Waals surface area contributed by atoms with Crippen molar-refractivity contribution in [2.45, 2.75) is 52.7 Å². The second-order valence-corrected chi connectivity index (χ2v) is 9.54. The van der Waals surface area contributed by atoms with E-state index >= 15 is 0 Å². The van der Waals surface area contributed by atoms with Crippen LogP contribution in [-0.2, 0) is 19.4 Å². The number of rotatable bonds is 5. The highest BCUT2D eigenvalue weighted by Gasteiger charge is 2.31. The average molecular weight is 348 g/mol. The predicted octanol–water partition coefficient (Wildman–Crippen LogP) is 1.18. The summed E-state index contributed by atoms with van der Waals surface area (Å²) in [5.41, 5.74) is -0.566. The van der Waals surface area contributed by atoms with Crippen LogP contribution in [-0.4, -0.2) is 61.6 Å². The zero-order valence-corrected chi connectivity index (χ0v) is 15.4. The molecular weight excluding hydrogens is 320 g/mol. The van der Waals surface area contributed by atoms with Crippen molar-refractivity contribution >= 4 is 21.8 Å². The molecule has 8 heteroatoms. The highest BCUT2D eigenvalue weighted by atomic mass is 32.2. The smallest absolute Gasteiger partial charge is 0.410 e. The maximum absolute atomic E-state index is 11.9. The van der Waals surface area contributed by atoms with E-state index in [9.17, 15) is 18.0 Å². The number of sulfone groups is 1. The summed E-state index contributed by atoms with van der Waals surface area (Å²) in [5, 5.41) is 2.69. The van der Waals surface area contributed by atoms with Gasteiger partial charge in [0.15, 0.2) is 9.84 Å². The van der Waals surface area contributed by atoms with Gasteiger partial charge in [-0.1, -0.05) is 13.8 Å². The third-order valence-electron chi connectivity index (χ3n) is 3.14. The second-order valence-electron chi connectivity index (χ2n) is 7.43. The van der Waals surface area contributed by atoms with Crippen LogP contribution in [0.5, 0.6) is 0 Å². The predicted molar refractivity (Wildman–Crippen MR) is 87.8 cm³/mol. The lowest BCUT2D eigenvalue weighted by Gasteiger charge is -2.24. The van der Waals surface area contributed by atoms with E-state index in [0.717, 1.165) is 0 Å². The Kier molecular flexibility index (Phi) is 6.44. The zero-order chi connectivity index (χ0) is 17.8. The summed E-state index contributed by atoms with van der Waals surface area (Å²) >= 11 is 0. The van der Waals surface area contributed by atoms with Crippen LogP contribution in [0.1, 0.15) is 41.0 Å². The SMILES string of the molecule is CC(C)CS(=O)(=O)CC(=O)NC1CCN(C(=O)OC(C)(C)C)C1. The molecule has 1 rings (SSSR count). The molecule has 1 aliphatic heterocycles. The molecule has 0 spiro atoms. The summed E-state index contributed by atoms with van der Waals surface area (Å²) in [7, 11) is -3.39. The number of nitrogens with one attached hydrogen (secondary N) is 1. The first-order valence-electron chi connectivity index (χ1n) is 7.85. The Bertz CT molecular complexity index is 537. The molecule has 0 radical (unpaired) electrons. The van der Waals surface area contributed by atoms with Gasteiger partial charge in [-0.2, -0.15) is 0 Å². The summed E-state index contributed by atoms with van der Waals surface area (Å²) in [6.45, 7) is 9.79. The lowest BCUT2D eigenvalue weighted by molar-refractivity contribution is -0.119. The van der Waals surface area contributed by atoms with Gasteiger partial charge in [0.2, 0.25) is 5.91 Å². The number of likely N-dealkylation sites (tertiary alicyclic amines) is 1. The fourth-order valence-corrected chi connectivity index (χ4v) is 4.02. The lowest BCUT2D eigenvalue weighted by atomic mass is 10.2. The Morgan fingerprint density at radius 3 is 2.43 bits per heavy atom. The lowest BCUT2D eigenvalue weighted by Crippen LogP contribution is -2.42. The van der Waals surface area contributed by atoms with Crippen LogP contribution < -0.4 is 5.32 Å². The van der Waals surface area contributed by atoms with Crippen LogP contribution in [0, 0.1) is 5.92 Å². The fraction of sp³-hybridized carbons (Fsp3) is 0.867. The van der Waals surface area contributed by atoms with Gasteiger partial charge < -0.3 is 15.0 Å². The Hall–Kier alpha value is -1.31. The van der Waals surface area contributed by atoms with Gasteiger partial charge in [-0.25, -0.2) is 13.2 Å². The van der Waals surface area contributed by atoms with E-state index in [2.05, 4.69) is 5.32 Å². The van der Waals surface area contributed by atoms with Crippen molar-refractivity contribution in [3.63, 3.8) is 0 Å². The molecule has 0 aromatic rings. The Labute approximate surface area is 138 Å². The minimum Gasteiger partial charge on any atom is -0.444 e. The molecule has 0 aromatic carbocycles. The van der Waals surface area contributed by atoms with E-state index in [1.165, 1.54) is 4.90 Å². The first-order chi connectivity index (χ1) is 10.4. The van der Waals surface area contributed by atoms with Crippen molar-refractivity contribution in [2.75, 3.05) is 24.6 Å². The molecule has 7 nitrogen and oxygen atoms in total. The van der Waals surface area contributed by atoms with Crippen LogP contribution in [0.2, 0.25) is 0 Å². The molecule has 1 N–H and O–H groups in total. The molecule has 23 heavy (non-hydrogen) atoms. The topological polar surface area (TPSA) is 92.8 Å². The number of hydrogen-bond acceptors (Lipinski definition) is 5. The summed E-state index contributed by atoms with van der Waals surface area (Å²) in [6, 6.07) is -0.232. The normalized spacial score (nSPS) is 19.0. The van der Waals surface area contributed by atoms with Gasteiger partial charge >= 0.3 is 6.09 Å². The molecule has 2 amide bonds. The Balaban J connectivity index is 2.46. The highest BCUT2D eigenvalue weighted by molar-refractivity contribution is 7.92. The molecule has 1 heterocycles. The van der Waals surface area contributed by atoms with E-state index in [0.29, 0.717) is 19.5 Å². The molecule has 0 bridgehead atoms. The maximum atomic E-state index is 11.9. The first-order valence-corrected chi connectivity index (χ1v) is 9.68. The zero-order valence-electron chi connectivity index (χ0n) is 14.6. The molecule has 0 aliphatic carbocycles. The van der Waals surface area contributed by atoms with Gasteiger partial charge in [-0.15, -0.1) is 0 Å². The van der Waals surface area contributed by atoms with E-state index < -0.39 is 33.2 Å². The fourth-order valence-electron chi connectivity index (χ4n) is 2.41. The Morgan fingerprint density at radius 1 is 1.30 bits per heavy atom. The van der Waals surface area contributed by atoms with Gasteiger partial charge in [0.1, 0.15) is 11.4 Å².